The van der Waals surface area contributed by atoms with E-state index in [4.69, 9.17) is 0 Å². The van der Waals surface area contributed by atoms with Gasteiger partial charge in [0.05, 0.1) is 0 Å². The number of hydrogen-bond donors (Lipinski definition) is 0. The molecule has 1 aliphatic carbocycles. The van der Waals surface area contributed by atoms with Crippen LogP contribution in [-0.4, -0.2) is 23.2 Å². The predicted molar refractivity (Wildman–Crippen MR) is 50.6 cm³/mol. The van der Waals surface area contributed by atoms with E-state index in [-0.39, 0.29) is 5.92 Å². The summed E-state index contributed by atoms with van der Waals surface area (Å²) < 4.78 is 35.7. The lowest BCUT2D eigenvalue weighted by Crippen LogP contribution is -2.16. The second kappa shape index (κ2) is 3.55. The molecular formula is C8H12FN3O2S. The van der Waals surface area contributed by atoms with Crippen LogP contribution in [-0.2, 0) is 16.8 Å². The molecule has 0 saturated heterocycles. The van der Waals surface area contributed by atoms with E-state index in [2.05, 4.69) is 10.2 Å². The van der Waals surface area contributed by atoms with Gasteiger partial charge in [-0.05, 0) is 19.8 Å². The molecule has 15 heavy (non-hydrogen) atoms. The van der Waals surface area contributed by atoms with Crippen molar-refractivity contribution in [3.05, 3.63) is 5.82 Å². The first-order valence-corrected chi connectivity index (χ1v) is 6.30. The minimum absolute atomic E-state index is 0.243. The van der Waals surface area contributed by atoms with Crippen molar-refractivity contribution in [2.24, 2.45) is 0 Å². The molecule has 2 rings (SSSR count). The van der Waals surface area contributed by atoms with E-state index in [0.717, 1.165) is 19.3 Å². The molecule has 1 aliphatic rings. The molecule has 0 amide bonds. The van der Waals surface area contributed by atoms with Gasteiger partial charge in [0.1, 0.15) is 5.82 Å². The first-order chi connectivity index (χ1) is 7.04. The highest BCUT2D eigenvalue weighted by atomic mass is 32.3. The minimum atomic E-state index is -4.75. The fraction of sp³-hybridized carbons (Fsp3) is 0.750. The highest BCUT2D eigenvalue weighted by molar-refractivity contribution is 7.86. The zero-order valence-electron chi connectivity index (χ0n) is 8.35. The van der Waals surface area contributed by atoms with Crippen LogP contribution in [0.25, 0.3) is 0 Å². The highest BCUT2D eigenvalue weighted by Crippen LogP contribution is 2.35. The fourth-order valence-electron chi connectivity index (χ4n) is 1.75. The smallest absolute Gasteiger partial charge is 0.300 e. The summed E-state index contributed by atoms with van der Waals surface area (Å²) in [6.07, 6.45) is 3.06. The molecule has 0 spiro atoms. The van der Waals surface area contributed by atoms with Crippen LogP contribution < -0.4 is 0 Å². The Hall–Kier alpha value is -0.980. The van der Waals surface area contributed by atoms with Gasteiger partial charge in [-0.3, -0.25) is 4.57 Å². The Kier molecular flexibility index (Phi) is 2.49. The van der Waals surface area contributed by atoms with Crippen molar-refractivity contribution in [1.29, 1.82) is 0 Å². The van der Waals surface area contributed by atoms with Gasteiger partial charge in [-0.1, -0.05) is 10.3 Å². The van der Waals surface area contributed by atoms with E-state index >= 15 is 0 Å². The summed E-state index contributed by atoms with van der Waals surface area (Å²) >= 11 is 0. The third-order valence-electron chi connectivity index (χ3n) is 2.75. The standard InChI is InChI=1S/C8H12FN3O2S/c1-2-12-7(6-4-3-5-6)10-11-8(12)15(9,13)14/h6H,2-5H2,1H3. The van der Waals surface area contributed by atoms with Gasteiger partial charge in [0, 0.05) is 12.5 Å². The van der Waals surface area contributed by atoms with Crippen LogP contribution >= 0.6 is 0 Å². The largest absolute Gasteiger partial charge is 0.368 e. The van der Waals surface area contributed by atoms with E-state index in [1.54, 1.807) is 6.92 Å². The van der Waals surface area contributed by atoms with Gasteiger partial charge in [0.25, 0.3) is 5.16 Å². The normalized spacial score (nSPS) is 17.7. The number of nitrogens with zero attached hydrogens (tertiary/aromatic N) is 3. The van der Waals surface area contributed by atoms with Crippen LogP contribution in [0.5, 0.6) is 0 Å². The molecule has 0 aromatic carbocycles. The first-order valence-electron chi connectivity index (χ1n) is 4.91. The monoisotopic (exact) mass is 233 g/mol. The Morgan fingerprint density at radius 3 is 2.53 bits per heavy atom. The lowest BCUT2D eigenvalue weighted by molar-refractivity contribution is 0.383. The second-order valence-corrected chi connectivity index (χ2v) is 4.89. The van der Waals surface area contributed by atoms with Gasteiger partial charge in [0.15, 0.2) is 0 Å². The van der Waals surface area contributed by atoms with Gasteiger partial charge in [-0.15, -0.1) is 10.2 Å². The average Bonchev–Trinajstić information content (AvgIpc) is 2.43. The average molecular weight is 233 g/mol. The molecule has 1 aromatic heterocycles. The first kappa shape index (κ1) is 10.5. The maximum atomic E-state index is 12.8. The zero-order valence-corrected chi connectivity index (χ0v) is 9.17. The molecular weight excluding hydrogens is 221 g/mol. The Morgan fingerprint density at radius 2 is 2.13 bits per heavy atom. The van der Waals surface area contributed by atoms with E-state index in [1.807, 2.05) is 0 Å². The Balaban J connectivity index is 2.45. The van der Waals surface area contributed by atoms with E-state index in [9.17, 15) is 12.3 Å². The van der Waals surface area contributed by atoms with Crippen molar-refractivity contribution in [3.63, 3.8) is 0 Å². The molecule has 0 bridgehead atoms. The van der Waals surface area contributed by atoms with Gasteiger partial charge < -0.3 is 0 Å². The van der Waals surface area contributed by atoms with Crippen LogP contribution in [0, 0.1) is 0 Å². The number of aromatic nitrogens is 3. The predicted octanol–water partition coefficient (Wildman–Crippen LogP) is 1.22. The maximum Gasteiger partial charge on any atom is 0.368 e. The molecule has 0 atom stereocenters. The number of hydrogen-bond acceptors (Lipinski definition) is 4. The van der Waals surface area contributed by atoms with Gasteiger partial charge >= 0.3 is 10.2 Å². The van der Waals surface area contributed by atoms with Crippen molar-refractivity contribution in [2.45, 2.75) is 43.8 Å². The van der Waals surface area contributed by atoms with Gasteiger partial charge in [-0.2, -0.15) is 8.42 Å². The van der Waals surface area contributed by atoms with Crippen LogP contribution in [0.3, 0.4) is 0 Å². The van der Waals surface area contributed by atoms with Crippen molar-refractivity contribution >= 4 is 10.2 Å². The van der Waals surface area contributed by atoms with Crippen LogP contribution in [0.15, 0.2) is 5.16 Å². The molecule has 1 fully saturated rings. The van der Waals surface area contributed by atoms with Crippen molar-refractivity contribution in [3.8, 4) is 0 Å². The van der Waals surface area contributed by atoms with Crippen LogP contribution in [0.1, 0.15) is 37.9 Å². The molecule has 0 unspecified atom stereocenters. The summed E-state index contributed by atoms with van der Waals surface area (Å²) in [4.78, 5) is 0. The lowest BCUT2D eigenvalue weighted by atomic mass is 9.85. The third kappa shape index (κ3) is 1.75. The summed E-state index contributed by atoms with van der Waals surface area (Å²) in [6, 6.07) is 0. The fourth-order valence-corrected chi connectivity index (χ4v) is 2.37. The van der Waals surface area contributed by atoms with E-state index < -0.39 is 15.4 Å². The van der Waals surface area contributed by atoms with Gasteiger partial charge in [-0.25, -0.2) is 0 Å². The molecule has 5 nitrogen and oxygen atoms in total. The summed E-state index contributed by atoms with van der Waals surface area (Å²) in [6.45, 7) is 2.12. The zero-order chi connectivity index (χ0) is 11.1. The van der Waals surface area contributed by atoms with E-state index in [0.29, 0.717) is 12.4 Å². The quantitative estimate of drug-likeness (QED) is 0.736. The topological polar surface area (TPSA) is 64.8 Å². The summed E-state index contributed by atoms with van der Waals surface area (Å²) in [7, 11) is -4.75. The lowest BCUT2D eigenvalue weighted by Gasteiger charge is -2.24. The molecule has 1 saturated carbocycles. The van der Waals surface area contributed by atoms with Gasteiger partial charge in [0.2, 0.25) is 0 Å². The van der Waals surface area contributed by atoms with Crippen LogP contribution in [0.2, 0.25) is 0 Å². The summed E-state index contributed by atoms with van der Waals surface area (Å²) in [5, 5.41) is 6.62. The van der Waals surface area contributed by atoms with Crippen LogP contribution in [0.4, 0.5) is 3.89 Å². The Morgan fingerprint density at radius 1 is 1.47 bits per heavy atom. The third-order valence-corrected chi connectivity index (χ3v) is 3.49. The second-order valence-electron chi connectivity index (χ2n) is 3.65. The molecule has 7 heteroatoms. The molecule has 0 N–H and O–H groups in total. The van der Waals surface area contributed by atoms with Crippen molar-refractivity contribution in [1.82, 2.24) is 14.8 Å². The minimum Gasteiger partial charge on any atom is -0.300 e. The van der Waals surface area contributed by atoms with Crippen molar-refractivity contribution < 1.29 is 12.3 Å². The van der Waals surface area contributed by atoms with Crippen molar-refractivity contribution in [2.75, 3.05) is 0 Å². The summed E-state index contributed by atoms with van der Waals surface area (Å²) in [5.74, 6) is 0.841. The highest BCUT2D eigenvalue weighted by Gasteiger charge is 2.30. The number of halogens is 1. The number of rotatable bonds is 3. The van der Waals surface area contributed by atoms with E-state index in [1.165, 1.54) is 4.57 Å². The SMILES string of the molecule is CCn1c(C2CCC2)nnc1S(=O)(=O)F. The molecule has 0 aliphatic heterocycles. The molecule has 0 radical (unpaired) electrons. The summed E-state index contributed by atoms with van der Waals surface area (Å²) in [5.41, 5.74) is 0. The maximum absolute atomic E-state index is 12.8. The molecule has 1 heterocycles. The Labute approximate surface area is 87.5 Å². The molecule has 84 valence electrons. The molecule has 1 aromatic rings. The Bertz CT molecular complexity index is 464.